The van der Waals surface area contributed by atoms with E-state index in [2.05, 4.69) is 31.5 Å². The van der Waals surface area contributed by atoms with E-state index in [0.29, 0.717) is 11.7 Å². The number of para-hydroxylation sites is 1. The van der Waals surface area contributed by atoms with Crippen molar-refractivity contribution in [1.29, 1.82) is 0 Å². The lowest BCUT2D eigenvalue weighted by atomic mass is 10.2. The van der Waals surface area contributed by atoms with Crippen molar-refractivity contribution in [3.05, 3.63) is 58.6 Å². The molecule has 106 valence electrons. The first-order valence-corrected chi connectivity index (χ1v) is 7.89. The zero-order valence-electron chi connectivity index (χ0n) is 11.0. The third-order valence-electron chi connectivity index (χ3n) is 2.89. The molecular weight excluding hydrogens is 350 g/mol. The van der Waals surface area contributed by atoms with Crippen LogP contribution in [-0.2, 0) is 6.54 Å². The third kappa shape index (κ3) is 3.15. The number of hydrogen-bond acceptors (Lipinski definition) is 5. The van der Waals surface area contributed by atoms with E-state index in [1.165, 1.54) is 11.8 Å². The Morgan fingerprint density at radius 2 is 1.95 bits per heavy atom. The van der Waals surface area contributed by atoms with Crippen LogP contribution in [0.1, 0.15) is 5.56 Å². The average Bonchev–Trinajstić information content (AvgIpc) is 2.96. The summed E-state index contributed by atoms with van der Waals surface area (Å²) in [6.45, 7) is 0.475. The fourth-order valence-corrected chi connectivity index (χ4v) is 3.35. The number of nitrogens with two attached hydrogens (primary N) is 1. The minimum Gasteiger partial charge on any atom is -0.326 e. The predicted octanol–water partition coefficient (Wildman–Crippen LogP) is 3.03. The van der Waals surface area contributed by atoms with E-state index < -0.39 is 0 Å². The molecule has 7 heteroatoms. The van der Waals surface area contributed by atoms with Crippen LogP contribution in [0.3, 0.4) is 0 Å². The van der Waals surface area contributed by atoms with Crippen molar-refractivity contribution in [2.45, 2.75) is 16.6 Å². The lowest BCUT2D eigenvalue weighted by Gasteiger charge is -2.08. The number of rotatable bonds is 4. The van der Waals surface area contributed by atoms with Crippen LogP contribution < -0.4 is 5.73 Å². The number of halogens is 1. The van der Waals surface area contributed by atoms with Gasteiger partial charge in [-0.1, -0.05) is 40.2 Å². The summed E-state index contributed by atoms with van der Waals surface area (Å²) < 4.78 is 2.72. The van der Waals surface area contributed by atoms with Gasteiger partial charge in [-0.15, -0.1) is 5.10 Å². The summed E-state index contributed by atoms with van der Waals surface area (Å²) in [5.41, 5.74) is 7.78. The number of benzene rings is 2. The largest absolute Gasteiger partial charge is 0.326 e. The lowest BCUT2D eigenvalue weighted by molar-refractivity contribution is 0.756. The molecular formula is C14H12BrN5S. The van der Waals surface area contributed by atoms with Gasteiger partial charge in [-0.05, 0) is 52.0 Å². The molecule has 0 radical (unpaired) electrons. The maximum Gasteiger partial charge on any atom is 0.218 e. The maximum atomic E-state index is 5.79. The maximum absolute atomic E-state index is 5.79. The molecule has 0 aliphatic heterocycles. The molecule has 0 saturated heterocycles. The van der Waals surface area contributed by atoms with Crippen molar-refractivity contribution >= 4 is 27.7 Å². The van der Waals surface area contributed by atoms with Crippen molar-refractivity contribution in [2.75, 3.05) is 0 Å². The molecule has 2 aromatic carbocycles. The minimum absolute atomic E-state index is 0.475. The van der Waals surface area contributed by atoms with E-state index in [1.54, 1.807) is 4.68 Å². The minimum atomic E-state index is 0.475. The first kappa shape index (κ1) is 14.2. The van der Waals surface area contributed by atoms with Crippen LogP contribution in [0.25, 0.3) is 5.69 Å². The topological polar surface area (TPSA) is 69.6 Å². The Morgan fingerprint density at radius 3 is 2.71 bits per heavy atom. The average molecular weight is 362 g/mol. The van der Waals surface area contributed by atoms with Gasteiger partial charge in [0, 0.05) is 15.9 Å². The van der Waals surface area contributed by atoms with E-state index in [9.17, 15) is 0 Å². The summed E-state index contributed by atoms with van der Waals surface area (Å²) in [7, 11) is 0. The normalized spacial score (nSPS) is 10.8. The number of tetrazole rings is 1. The molecule has 0 fully saturated rings. The zero-order valence-corrected chi connectivity index (χ0v) is 13.4. The molecule has 0 spiro atoms. The van der Waals surface area contributed by atoms with Gasteiger partial charge in [0.15, 0.2) is 0 Å². The molecule has 0 aliphatic rings. The number of aromatic nitrogens is 4. The van der Waals surface area contributed by atoms with E-state index >= 15 is 0 Å². The Kier molecular flexibility index (Phi) is 4.33. The Balaban J connectivity index is 1.97. The third-order valence-corrected chi connectivity index (χ3v) is 4.42. The van der Waals surface area contributed by atoms with Gasteiger partial charge in [-0.2, -0.15) is 4.68 Å². The van der Waals surface area contributed by atoms with Gasteiger partial charge >= 0.3 is 0 Å². The second-order valence-corrected chi connectivity index (χ2v) is 6.19. The van der Waals surface area contributed by atoms with Gasteiger partial charge in [-0.25, -0.2) is 0 Å². The van der Waals surface area contributed by atoms with Gasteiger partial charge in [0.25, 0.3) is 0 Å². The molecule has 21 heavy (non-hydrogen) atoms. The number of nitrogens with zero attached hydrogens (tertiary/aromatic N) is 4. The van der Waals surface area contributed by atoms with Crippen LogP contribution in [0, 0.1) is 0 Å². The van der Waals surface area contributed by atoms with Crippen LogP contribution in [-0.4, -0.2) is 20.2 Å². The highest BCUT2D eigenvalue weighted by molar-refractivity contribution is 9.10. The molecule has 0 unspecified atom stereocenters. The van der Waals surface area contributed by atoms with E-state index in [4.69, 9.17) is 5.73 Å². The molecule has 0 atom stereocenters. The molecule has 3 aromatic rings. The molecule has 2 N–H and O–H groups in total. The van der Waals surface area contributed by atoms with Crippen LogP contribution in [0.5, 0.6) is 0 Å². The van der Waals surface area contributed by atoms with E-state index in [0.717, 1.165) is 20.6 Å². The monoisotopic (exact) mass is 361 g/mol. The SMILES string of the molecule is NCc1ccc(Br)cc1Sc1nnnn1-c1ccccc1. The summed E-state index contributed by atoms with van der Waals surface area (Å²) in [6.07, 6.45) is 0. The van der Waals surface area contributed by atoms with Crippen molar-refractivity contribution in [2.24, 2.45) is 5.73 Å². The molecule has 5 nitrogen and oxygen atoms in total. The predicted molar refractivity (Wildman–Crippen MR) is 85.3 cm³/mol. The Hall–Kier alpha value is -1.70. The fourth-order valence-electron chi connectivity index (χ4n) is 1.86. The Labute approximate surface area is 134 Å². The summed E-state index contributed by atoms with van der Waals surface area (Å²) in [6, 6.07) is 15.8. The van der Waals surface area contributed by atoms with Crippen molar-refractivity contribution in [3.63, 3.8) is 0 Å². The molecule has 0 amide bonds. The van der Waals surface area contributed by atoms with Crippen molar-refractivity contribution in [1.82, 2.24) is 20.2 Å². The Morgan fingerprint density at radius 1 is 1.14 bits per heavy atom. The van der Waals surface area contributed by atoms with Gasteiger partial charge < -0.3 is 5.73 Å². The molecule has 0 aliphatic carbocycles. The Bertz CT molecular complexity index is 744. The van der Waals surface area contributed by atoms with Gasteiger partial charge in [0.1, 0.15) is 0 Å². The van der Waals surface area contributed by atoms with Crippen LogP contribution >= 0.6 is 27.7 Å². The molecule has 1 heterocycles. The highest BCUT2D eigenvalue weighted by Crippen LogP contribution is 2.31. The number of hydrogen-bond donors (Lipinski definition) is 1. The van der Waals surface area contributed by atoms with E-state index in [1.807, 2.05) is 48.5 Å². The summed E-state index contributed by atoms with van der Waals surface area (Å²) in [5, 5.41) is 12.6. The van der Waals surface area contributed by atoms with Crippen molar-refractivity contribution in [3.8, 4) is 5.69 Å². The van der Waals surface area contributed by atoms with Crippen LogP contribution in [0.2, 0.25) is 0 Å². The zero-order chi connectivity index (χ0) is 14.7. The first-order chi connectivity index (χ1) is 10.3. The van der Waals surface area contributed by atoms with Gasteiger partial charge in [0.2, 0.25) is 5.16 Å². The highest BCUT2D eigenvalue weighted by Gasteiger charge is 2.12. The molecule has 0 bridgehead atoms. The fraction of sp³-hybridized carbons (Fsp3) is 0.0714. The second kappa shape index (κ2) is 6.38. The smallest absolute Gasteiger partial charge is 0.218 e. The van der Waals surface area contributed by atoms with E-state index in [-0.39, 0.29) is 0 Å². The molecule has 0 saturated carbocycles. The van der Waals surface area contributed by atoms with Crippen LogP contribution in [0.4, 0.5) is 0 Å². The van der Waals surface area contributed by atoms with Gasteiger partial charge in [0.05, 0.1) is 5.69 Å². The van der Waals surface area contributed by atoms with Crippen molar-refractivity contribution < 1.29 is 0 Å². The highest BCUT2D eigenvalue weighted by atomic mass is 79.9. The standard InChI is InChI=1S/C14H12BrN5S/c15-11-7-6-10(9-16)13(8-11)21-14-17-18-19-20(14)12-4-2-1-3-5-12/h1-8H,9,16H2. The first-order valence-electron chi connectivity index (χ1n) is 6.28. The summed E-state index contributed by atoms with van der Waals surface area (Å²) >= 11 is 4.98. The molecule has 1 aromatic heterocycles. The summed E-state index contributed by atoms with van der Waals surface area (Å²) in [5.74, 6) is 0. The summed E-state index contributed by atoms with van der Waals surface area (Å²) in [4.78, 5) is 1.04. The molecule has 3 rings (SSSR count). The van der Waals surface area contributed by atoms with Gasteiger partial charge in [-0.3, -0.25) is 0 Å². The quantitative estimate of drug-likeness (QED) is 0.773. The second-order valence-electron chi connectivity index (χ2n) is 4.27. The lowest BCUT2D eigenvalue weighted by Crippen LogP contribution is -2.01. The van der Waals surface area contributed by atoms with Crippen LogP contribution in [0.15, 0.2) is 63.1 Å².